The molecule has 0 amide bonds. The zero-order chi connectivity index (χ0) is 27.4. The first-order valence-electron chi connectivity index (χ1n) is 16.3. The molecule has 5 aliphatic rings. The Balaban J connectivity index is 1.35. The number of hydrogen-bond acceptors (Lipinski definition) is 4. The summed E-state index contributed by atoms with van der Waals surface area (Å²) < 4.78 is 0. The van der Waals surface area contributed by atoms with E-state index < -0.39 is 5.60 Å². The van der Waals surface area contributed by atoms with E-state index in [0.717, 1.165) is 68.5 Å². The Labute approximate surface area is 244 Å². The van der Waals surface area contributed by atoms with Gasteiger partial charge >= 0.3 is 0 Å². The Kier molecular flexibility index (Phi) is 6.46. The maximum atomic E-state index is 13.1. The minimum absolute atomic E-state index is 0.00403. The molecule has 1 unspecified atom stereocenters. The average Bonchev–Trinajstić information content (AvgIpc) is 3.49. The largest absolute Gasteiger partial charge is 0.384 e. The standard InChI is InChI=1S/C36H44N4O/c41-36-18-10-4-1-2-5-11-20-39-22-17-30(35(25-39)23-26-13-7-3-6-12-21-40(26)34(35)36)29(24-36)32-33-28(16-19-37-32)27-14-8-9-15-31(27)38-33/h1,4,7-9,13-16,19,24,26,30,34,38,41H,2-3,5-6,10-12,17-18,20-23,25H2/b4-1-,13-7?/t26-,30-,34+,35-,36-/m0/s1. The number of benzene rings is 1. The third-order valence-corrected chi connectivity index (χ3v) is 11.2. The van der Waals surface area contributed by atoms with E-state index in [0.29, 0.717) is 12.0 Å². The summed E-state index contributed by atoms with van der Waals surface area (Å²) in [5.41, 5.74) is 3.74. The molecule has 214 valence electrons. The smallest absolute Gasteiger partial charge is 0.0998 e. The molecule has 5 heteroatoms. The van der Waals surface area contributed by atoms with Crippen LogP contribution in [0.2, 0.25) is 0 Å². The summed E-state index contributed by atoms with van der Waals surface area (Å²) in [5.74, 6) is 0.385. The van der Waals surface area contributed by atoms with E-state index in [2.05, 4.69) is 75.5 Å². The number of aromatic nitrogens is 2. The second kappa shape index (κ2) is 10.2. The molecule has 6 atom stereocenters. The van der Waals surface area contributed by atoms with Crippen LogP contribution in [-0.2, 0) is 0 Å². The zero-order valence-corrected chi connectivity index (χ0v) is 24.3. The normalized spacial score (nSPS) is 36.9. The van der Waals surface area contributed by atoms with Crippen molar-refractivity contribution in [2.75, 3.05) is 26.2 Å². The van der Waals surface area contributed by atoms with Crippen LogP contribution in [0.3, 0.4) is 0 Å². The van der Waals surface area contributed by atoms with Gasteiger partial charge in [0.25, 0.3) is 0 Å². The van der Waals surface area contributed by atoms with Crippen molar-refractivity contribution in [2.45, 2.75) is 81.9 Å². The zero-order valence-electron chi connectivity index (χ0n) is 24.3. The summed E-state index contributed by atoms with van der Waals surface area (Å²) in [6.45, 7) is 4.47. The van der Waals surface area contributed by atoms with E-state index in [-0.39, 0.29) is 11.5 Å². The molecule has 2 fully saturated rings. The van der Waals surface area contributed by atoms with Crippen LogP contribution in [0.25, 0.3) is 27.4 Å². The summed E-state index contributed by atoms with van der Waals surface area (Å²) in [6.07, 6.45) is 25.2. The van der Waals surface area contributed by atoms with E-state index >= 15 is 0 Å². The van der Waals surface area contributed by atoms with Gasteiger partial charge < -0.3 is 15.0 Å². The Morgan fingerprint density at radius 2 is 1.76 bits per heavy atom. The monoisotopic (exact) mass is 548 g/mol. The number of piperidine rings is 1. The molecule has 0 radical (unpaired) electrons. The number of nitrogens with zero attached hydrogens (tertiary/aromatic N) is 3. The van der Waals surface area contributed by atoms with Gasteiger partial charge in [0, 0.05) is 40.5 Å². The fourth-order valence-electron chi connectivity index (χ4n) is 9.59. The highest BCUT2D eigenvalue weighted by Gasteiger charge is 2.65. The van der Waals surface area contributed by atoms with Crippen LogP contribution in [-0.4, -0.2) is 68.7 Å². The molecule has 0 saturated carbocycles. The highest BCUT2D eigenvalue weighted by molar-refractivity contribution is 6.09. The van der Waals surface area contributed by atoms with Crippen LogP contribution < -0.4 is 0 Å². The fourth-order valence-corrected chi connectivity index (χ4v) is 9.59. The Morgan fingerprint density at radius 1 is 0.902 bits per heavy atom. The highest BCUT2D eigenvalue weighted by atomic mass is 16.3. The molecule has 3 bridgehead atoms. The number of allylic oxidation sites excluding steroid dienone is 4. The third-order valence-electron chi connectivity index (χ3n) is 11.2. The van der Waals surface area contributed by atoms with Crippen molar-refractivity contribution in [3.05, 3.63) is 72.6 Å². The van der Waals surface area contributed by atoms with Crippen molar-refractivity contribution in [1.29, 1.82) is 0 Å². The van der Waals surface area contributed by atoms with Crippen LogP contribution in [0, 0.1) is 11.3 Å². The van der Waals surface area contributed by atoms with Gasteiger partial charge in [-0.3, -0.25) is 9.88 Å². The van der Waals surface area contributed by atoms with Gasteiger partial charge in [-0.25, -0.2) is 0 Å². The van der Waals surface area contributed by atoms with E-state index in [1.165, 1.54) is 55.0 Å². The van der Waals surface area contributed by atoms with Crippen LogP contribution in [0.1, 0.15) is 69.9 Å². The van der Waals surface area contributed by atoms with Gasteiger partial charge in [-0.1, -0.05) is 42.5 Å². The first-order chi connectivity index (χ1) is 20.2. The molecule has 8 rings (SSSR count). The number of aromatic amines is 1. The predicted molar refractivity (Wildman–Crippen MR) is 168 cm³/mol. The predicted octanol–water partition coefficient (Wildman–Crippen LogP) is 6.86. The molecule has 2 aromatic heterocycles. The van der Waals surface area contributed by atoms with Crippen LogP contribution in [0.5, 0.6) is 0 Å². The molecule has 41 heavy (non-hydrogen) atoms. The quantitative estimate of drug-likeness (QED) is 0.326. The first-order valence-corrected chi connectivity index (χ1v) is 16.3. The van der Waals surface area contributed by atoms with Crippen LogP contribution in [0.4, 0.5) is 0 Å². The van der Waals surface area contributed by atoms with Crippen molar-refractivity contribution < 1.29 is 5.11 Å². The maximum Gasteiger partial charge on any atom is 0.0998 e. The second-order valence-corrected chi connectivity index (χ2v) is 13.5. The summed E-state index contributed by atoms with van der Waals surface area (Å²) in [4.78, 5) is 14.4. The first kappa shape index (κ1) is 25.9. The van der Waals surface area contributed by atoms with Gasteiger partial charge in [-0.05, 0) is 114 Å². The van der Waals surface area contributed by atoms with Crippen molar-refractivity contribution in [3.63, 3.8) is 0 Å². The van der Waals surface area contributed by atoms with Gasteiger partial charge in [0.05, 0.1) is 22.9 Å². The van der Waals surface area contributed by atoms with Crippen molar-refractivity contribution >= 4 is 27.4 Å². The number of fused-ring (bicyclic) bond motifs is 5. The maximum absolute atomic E-state index is 13.1. The van der Waals surface area contributed by atoms with Gasteiger partial charge in [0.15, 0.2) is 0 Å². The lowest BCUT2D eigenvalue weighted by molar-refractivity contribution is -0.0894. The van der Waals surface area contributed by atoms with E-state index in [9.17, 15) is 5.11 Å². The lowest BCUT2D eigenvalue weighted by Gasteiger charge is -2.58. The molecular formula is C36H44N4O. The molecule has 1 spiro atoms. The minimum atomic E-state index is -0.898. The van der Waals surface area contributed by atoms with Crippen molar-refractivity contribution in [1.82, 2.24) is 19.8 Å². The van der Waals surface area contributed by atoms with Gasteiger partial charge in [0.2, 0.25) is 0 Å². The molecule has 2 N–H and O–H groups in total. The topological polar surface area (TPSA) is 55.4 Å². The molecular weight excluding hydrogens is 504 g/mol. The Morgan fingerprint density at radius 3 is 2.71 bits per heavy atom. The summed E-state index contributed by atoms with van der Waals surface area (Å²) >= 11 is 0. The van der Waals surface area contributed by atoms with Crippen molar-refractivity contribution in [3.8, 4) is 0 Å². The fraction of sp³-hybridized carbons (Fsp3) is 0.528. The summed E-state index contributed by atoms with van der Waals surface area (Å²) in [7, 11) is 0. The number of H-pyrrole nitrogens is 1. The molecule has 5 nitrogen and oxygen atoms in total. The molecule has 3 aromatic rings. The minimum Gasteiger partial charge on any atom is -0.384 e. The van der Waals surface area contributed by atoms with Gasteiger partial charge in [-0.15, -0.1) is 0 Å². The Hall–Kier alpha value is -2.73. The van der Waals surface area contributed by atoms with E-state index in [1.807, 2.05) is 6.20 Å². The number of hydrogen-bond donors (Lipinski definition) is 2. The molecule has 1 aromatic carbocycles. The SMILES string of the molecule is O[C@]12C=C(c3nccc4c3[nH]c3ccccc34)[C@@H]3CCN(CCCC/C=C\CC1)C[C@@]31C[C@@H]3C=CCCCCN3[C@H]12. The lowest BCUT2D eigenvalue weighted by atomic mass is 9.54. The van der Waals surface area contributed by atoms with Crippen LogP contribution in [0.15, 0.2) is 66.9 Å². The average molecular weight is 549 g/mol. The molecule has 1 aliphatic carbocycles. The summed E-state index contributed by atoms with van der Waals surface area (Å²) in [5, 5.41) is 15.5. The second-order valence-electron chi connectivity index (χ2n) is 13.5. The van der Waals surface area contributed by atoms with E-state index in [1.54, 1.807) is 0 Å². The van der Waals surface area contributed by atoms with Crippen LogP contribution >= 0.6 is 0 Å². The summed E-state index contributed by atoms with van der Waals surface area (Å²) in [6, 6.07) is 11.3. The van der Waals surface area contributed by atoms with Gasteiger partial charge in [-0.2, -0.15) is 0 Å². The molecule has 4 aliphatic heterocycles. The number of para-hydroxylation sites is 1. The molecule has 6 heterocycles. The van der Waals surface area contributed by atoms with E-state index in [4.69, 9.17) is 4.98 Å². The number of nitrogens with one attached hydrogen (secondary N) is 1. The lowest BCUT2D eigenvalue weighted by Crippen LogP contribution is -2.65. The van der Waals surface area contributed by atoms with Crippen molar-refractivity contribution in [2.24, 2.45) is 11.3 Å². The number of rotatable bonds is 1. The third kappa shape index (κ3) is 4.18. The van der Waals surface area contributed by atoms with Gasteiger partial charge in [0.1, 0.15) is 0 Å². The Bertz CT molecular complexity index is 1530. The highest BCUT2D eigenvalue weighted by Crippen LogP contribution is 2.61. The number of pyridine rings is 1. The number of aliphatic hydroxyl groups is 1. The molecule has 2 saturated heterocycles.